The standard InChI is InChI=1S/C29H27FN8O3/c1-2-27(41)33-19-4-3-5-21(14-19)38-22(17-31)16-26(40)23-18-32-29(35-28(23)38)34-25-7-6-20(15-24(25)30)37-10-8-36(9-11-37)12-13-39/h2-7,14-16,18,39H,1,8-13H2,(H,33,41)(H,32,34,35). The molecule has 41 heavy (non-hydrogen) atoms. The number of β-amino-alcohol motifs (C(OH)–C–C–N with tert-alkyl or cyclic N) is 1. The van der Waals surface area contributed by atoms with Crippen LogP contribution in [0.2, 0.25) is 0 Å². The minimum Gasteiger partial charge on any atom is -0.395 e. The van der Waals surface area contributed by atoms with Crippen LogP contribution in [-0.2, 0) is 4.79 Å². The molecule has 0 spiro atoms. The minimum atomic E-state index is -0.502. The molecular weight excluding hydrogens is 527 g/mol. The van der Waals surface area contributed by atoms with Gasteiger partial charge < -0.3 is 20.6 Å². The fourth-order valence-corrected chi connectivity index (χ4v) is 4.71. The minimum absolute atomic E-state index is 0.0222. The Morgan fingerprint density at radius 1 is 1.15 bits per heavy atom. The predicted molar refractivity (Wildman–Crippen MR) is 154 cm³/mol. The van der Waals surface area contributed by atoms with Crippen molar-refractivity contribution >= 4 is 40.0 Å². The molecule has 0 bridgehead atoms. The van der Waals surface area contributed by atoms with E-state index in [2.05, 4.69) is 37.0 Å². The number of pyridine rings is 1. The molecule has 5 rings (SSSR count). The summed E-state index contributed by atoms with van der Waals surface area (Å²) in [6.07, 6.45) is 2.46. The number of anilines is 4. The Labute approximate surface area is 234 Å². The van der Waals surface area contributed by atoms with E-state index in [1.54, 1.807) is 36.4 Å². The lowest BCUT2D eigenvalue weighted by Gasteiger charge is -2.35. The van der Waals surface area contributed by atoms with E-state index >= 15 is 4.39 Å². The van der Waals surface area contributed by atoms with E-state index in [1.807, 2.05) is 6.07 Å². The summed E-state index contributed by atoms with van der Waals surface area (Å²) in [7, 11) is 0. The lowest BCUT2D eigenvalue weighted by atomic mass is 10.2. The van der Waals surface area contributed by atoms with E-state index < -0.39 is 17.2 Å². The van der Waals surface area contributed by atoms with Crippen molar-refractivity contribution < 1.29 is 14.3 Å². The van der Waals surface area contributed by atoms with E-state index in [4.69, 9.17) is 5.11 Å². The molecule has 11 nitrogen and oxygen atoms in total. The molecule has 3 heterocycles. The molecule has 0 radical (unpaired) electrons. The molecule has 1 fully saturated rings. The highest BCUT2D eigenvalue weighted by atomic mass is 19.1. The highest BCUT2D eigenvalue weighted by molar-refractivity contribution is 5.99. The van der Waals surface area contributed by atoms with Gasteiger partial charge in [0.2, 0.25) is 11.9 Å². The van der Waals surface area contributed by atoms with Gasteiger partial charge in [0.1, 0.15) is 17.6 Å². The number of benzene rings is 2. The van der Waals surface area contributed by atoms with E-state index in [0.717, 1.165) is 37.9 Å². The van der Waals surface area contributed by atoms with Gasteiger partial charge in [-0.25, -0.2) is 9.37 Å². The van der Waals surface area contributed by atoms with Crippen LogP contribution in [0, 0.1) is 17.1 Å². The summed E-state index contributed by atoms with van der Waals surface area (Å²) in [5.74, 6) is -0.878. The number of nitriles is 1. The van der Waals surface area contributed by atoms with E-state index in [9.17, 15) is 14.9 Å². The number of carbonyl (C=O) groups is 1. The van der Waals surface area contributed by atoms with Crippen LogP contribution in [0.25, 0.3) is 16.7 Å². The average Bonchev–Trinajstić information content (AvgIpc) is 2.98. The summed E-state index contributed by atoms with van der Waals surface area (Å²) in [6.45, 7) is 7.18. The van der Waals surface area contributed by atoms with Crippen molar-refractivity contribution in [1.82, 2.24) is 19.4 Å². The highest BCUT2D eigenvalue weighted by Crippen LogP contribution is 2.26. The number of nitrogens with one attached hydrogen (secondary N) is 2. The maximum Gasteiger partial charge on any atom is 0.247 e. The van der Waals surface area contributed by atoms with Crippen LogP contribution >= 0.6 is 0 Å². The third-order valence-corrected chi connectivity index (χ3v) is 6.78. The summed E-state index contributed by atoms with van der Waals surface area (Å²) in [5.41, 5.74) is 1.52. The molecule has 1 aliphatic rings. The fraction of sp³-hybridized carbons (Fsp3) is 0.207. The SMILES string of the molecule is C=CC(=O)Nc1cccc(-n2c(C#N)cc(=O)c3cnc(Nc4ccc(N5CCN(CCO)CC5)cc4F)nc32)c1. The number of hydrogen-bond acceptors (Lipinski definition) is 9. The molecule has 0 saturated carbocycles. The van der Waals surface area contributed by atoms with Crippen molar-refractivity contribution in [2.24, 2.45) is 0 Å². The maximum absolute atomic E-state index is 15.2. The van der Waals surface area contributed by atoms with Crippen LogP contribution in [-0.4, -0.2) is 69.8 Å². The quantitative estimate of drug-likeness (QED) is 0.281. The van der Waals surface area contributed by atoms with Crippen LogP contribution in [0.5, 0.6) is 0 Å². The number of fused-ring (bicyclic) bond motifs is 1. The zero-order chi connectivity index (χ0) is 28.9. The number of nitrogens with zero attached hydrogens (tertiary/aromatic N) is 6. The molecule has 2 aromatic carbocycles. The van der Waals surface area contributed by atoms with Gasteiger partial charge in [0.25, 0.3) is 0 Å². The molecule has 1 aliphatic heterocycles. The smallest absolute Gasteiger partial charge is 0.247 e. The number of hydrogen-bond donors (Lipinski definition) is 3. The van der Waals surface area contributed by atoms with Crippen molar-refractivity contribution in [3.63, 3.8) is 0 Å². The average molecular weight is 555 g/mol. The molecule has 3 N–H and O–H groups in total. The molecule has 0 aliphatic carbocycles. The summed E-state index contributed by atoms with van der Waals surface area (Å²) >= 11 is 0. The lowest BCUT2D eigenvalue weighted by molar-refractivity contribution is -0.111. The van der Waals surface area contributed by atoms with Gasteiger partial charge in [-0.1, -0.05) is 12.6 Å². The number of aromatic nitrogens is 3. The molecule has 0 atom stereocenters. The second-order valence-corrected chi connectivity index (χ2v) is 9.36. The first-order valence-electron chi connectivity index (χ1n) is 12.9. The highest BCUT2D eigenvalue weighted by Gasteiger charge is 2.19. The summed E-state index contributed by atoms with van der Waals surface area (Å²) < 4.78 is 16.7. The number of piperazine rings is 1. The Morgan fingerprint density at radius 3 is 2.66 bits per heavy atom. The number of carbonyl (C=O) groups excluding carboxylic acids is 1. The third kappa shape index (κ3) is 5.91. The Kier molecular flexibility index (Phi) is 8.00. The van der Waals surface area contributed by atoms with Crippen molar-refractivity contribution in [3.05, 3.63) is 89.1 Å². The van der Waals surface area contributed by atoms with Crippen LogP contribution in [0.1, 0.15) is 5.69 Å². The maximum atomic E-state index is 15.2. The molecule has 12 heteroatoms. The molecule has 208 valence electrons. The molecule has 1 saturated heterocycles. The Hall–Kier alpha value is -5.12. The first-order chi connectivity index (χ1) is 19.9. The van der Waals surface area contributed by atoms with E-state index in [1.165, 1.54) is 22.9 Å². The summed E-state index contributed by atoms with van der Waals surface area (Å²) in [6, 6.07) is 14.7. The topological polar surface area (TPSA) is 139 Å². The van der Waals surface area contributed by atoms with Crippen molar-refractivity contribution in [2.75, 3.05) is 54.9 Å². The van der Waals surface area contributed by atoms with Gasteiger partial charge in [0, 0.05) is 56.4 Å². The Balaban J connectivity index is 1.47. The zero-order valence-corrected chi connectivity index (χ0v) is 22.0. The van der Waals surface area contributed by atoms with Crippen molar-refractivity contribution in [2.45, 2.75) is 0 Å². The number of amides is 1. The lowest BCUT2D eigenvalue weighted by Crippen LogP contribution is -2.47. The Morgan fingerprint density at radius 2 is 1.95 bits per heavy atom. The number of halogens is 1. The predicted octanol–water partition coefficient (Wildman–Crippen LogP) is 2.77. The van der Waals surface area contributed by atoms with Gasteiger partial charge in [-0.05, 0) is 42.5 Å². The van der Waals surface area contributed by atoms with Gasteiger partial charge >= 0.3 is 0 Å². The van der Waals surface area contributed by atoms with Gasteiger partial charge in [0.15, 0.2) is 11.1 Å². The molecule has 2 aromatic heterocycles. The van der Waals surface area contributed by atoms with Crippen LogP contribution in [0.3, 0.4) is 0 Å². The first kappa shape index (κ1) is 27.4. The fourth-order valence-electron chi connectivity index (χ4n) is 4.71. The van der Waals surface area contributed by atoms with Crippen molar-refractivity contribution in [3.8, 4) is 11.8 Å². The monoisotopic (exact) mass is 554 g/mol. The van der Waals surface area contributed by atoms with Crippen LogP contribution in [0.15, 0.2) is 72.2 Å². The van der Waals surface area contributed by atoms with Gasteiger partial charge in [-0.3, -0.25) is 19.1 Å². The molecule has 0 unspecified atom stereocenters. The molecular formula is C29H27FN8O3. The summed E-state index contributed by atoms with van der Waals surface area (Å²) in [4.78, 5) is 37.5. The normalized spacial score (nSPS) is 13.5. The number of aliphatic hydroxyl groups excluding tert-OH is 1. The Bertz CT molecular complexity index is 1720. The molecule has 4 aromatic rings. The van der Waals surface area contributed by atoms with Gasteiger partial charge in [-0.2, -0.15) is 10.2 Å². The summed E-state index contributed by atoms with van der Waals surface area (Å²) in [5, 5.41) is 24.7. The van der Waals surface area contributed by atoms with Crippen molar-refractivity contribution in [1.29, 1.82) is 5.26 Å². The van der Waals surface area contributed by atoms with E-state index in [0.29, 0.717) is 17.9 Å². The van der Waals surface area contributed by atoms with Crippen LogP contribution < -0.4 is 21.0 Å². The first-order valence-corrected chi connectivity index (χ1v) is 12.9. The number of rotatable bonds is 8. The van der Waals surface area contributed by atoms with Crippen LogP contribution in [0.4, 0.5) is 27.4 Å². The third-order valence-electron chi connectivity index (χ3n) is 6.78. The second kappa shape index (κ2) is 12.0. The second-order valence-electron chi connectivity index (χ2n) is 9.36. The zero-order valence-electron chi connectivity index (χ0n) is 22.0. The van der Waals surface area contributed by atoms with Gasteiger partial charge in [-0.15, -0.1) is 0 Å². The molecule has 1 amide bonds. The van der Waals surface area contributed by atoms with Gasteiger partial charge in [0.05, 0.1) is 23.4 Å². The van der Waals surface area contributed by atoms with E-state index in [-0.39, 0.29) is 35.0 Å². The largest absolute Gasteiger partial charge is 0.395 e. The number of aliphatic hydroxyl groups is 1.